The van der Waals surface area contributed by atoms with Crippen LogP contribution in [0.2, 0.25) is 5.02 Å². The van der Waals surface area contributed by atoms with Gasteiger partial charge in [0.15, 0.2) is 5.69 Å². The number of aryl methyl sites for hydroxylation is 2. The van der Waals surface area contributed by atoms with Gasteiger partial charge in [-0.2, -0.15) is 0 Å². The minimum absolute atomic E-state index is 0.222. The molecule has 2 rings (SSSR count). The number of amides is 1. The molecule has 1 amide bonds. The largest absolute Gasteiger partial charge is 0.398 e. The zero-order chi connectivity index (χ0) is 13.3. The zero-order valence-corrected chi connectivity index (χ0v) is 10.7. The molecule has 6 heteroatoms. The minimum Gasteiger partial charge on any atom is -0.398 e. The molecule has 18 heavy (non-hydrogen) atoms. The van der Waals surface area contributed by atoms with Crippen LogP contribution < -0.4 is 11.1 Å². The number of rotatable bonds is 2. The van der Waals surface area contributed by atoms with Crippen molar-refractivity contribution in [1.82, 2.24) is 5.16 Å². The van der Waals surface area contributed by atoms with Gasteiger partial charge in [-0.25, -0.2) is 0 Å². The number of anilines is 2. The number of carbonyl (C=O) groups is 1. The average molecular weight is 266 g/mol. The molecule has 1 aromatic carbocycles. The molecular weight excluding hydrogens is 254 g/mol. The summed E-state index contributed by atoms with van der Waals surface area (Å²) in [5.41, 5.74) is 7.78. The molecule has 0 fully saturated rings. The monoisotopic (exact) mass is 265 g/mol. The highest BCUT2D eigenvalue weighted by Crippen LogP contribution is 2.26. The Hall–Kier alpha value is -2.01. The van der Waals surface area contributed by atoms with Gasteiger partial charge in [0, 0.05) is 11.8 Å². The molecule has 94 valence electrons. The fourth-order valence-corrected chi connectivity index (χ4v) is 1.66. The Morgan fingerprint density at radius 3 is 2.72 bits per heavy atom. The first-order valence-corrected chi connectivity index (χ1v) is 5.65. The van der Waals surface area contributed by atoms with E-state index in [1.54, 1.807) is 25.1 Å². The van der Waals surface area contributed by atoms with Crippen molar-refractivity contribution < 1.29 is 9.32 Å². The molecule has 0 unspecified atom stereocenters. The number of hydrogen-bond donors (Lipinski definition) is 2. The lowest BCUT2D eigenvalue weighted by atomic mass is 10.1. The fraction of sp³-hybridized carbons (Fsp3) is 0.167. The van der Waals surface area contributed by atoms with Gasteiger partial charge in [0.05, 0.1) is 10.7 Å². The van der Waals surface area contributed by atoms with E-state index in [0.29, 0.717) is 22.2 Å². The van der Waals surface area contributed by atoms with E-state index in [2.05, 4.69) is 10.5 Å². The molecule has 0 radical (unpaired) electrons. The first-order chi connectivity index (χ1) is 8.47. The van der Waals surface area contributed by atoms with Crippen molar-refractivity contribution in [1.29, 1.82) is 0 Å². The molecule has 1 aromatic heterocycles. The third-order valence-corrected chi connectivity index (χ3v) is 2.78. The molecule has 2 aromatic rings. The van der Waals surface area contributed by atoms with E-state index in [9.17, 15) is 4.79 Å². The van der Waals surface area contributed by atoms with Crippen LogP contribution >= 0.6 is 11.6 Å². The molecular formula is C12H12ClN3O2. The molecule has 0 saturated heterocycles. The van der Waals surface area contributed by atoms with Gasteiger partial charge in [-0.05, 0) is 31.5 Å². The lowest BCUT2D eigenvalue weighted by Crippen LogP contribution is -2.13. The second-order valence-corrected chi connectivity index (χ2v) is 4.37. The van der Waals surface area contributed by atoms with E-state index in [4.69, 9.17) is 21.9 Å². The molecule has 3 N–H and O–H groups in total. The van der Waals surface area contributed by atoms with Gasteiger partial charge < -0.3 is 15.6 Å². The van der Waals surface area contributed by atoms with Crippen LogP contribution in [0.4, 0.5) is 11.4 Å². The number of nitrogens with zero attached hydrogens (tertiary/aromatic N) is 1. The molecule has 5 nitrogen and oxygen atoms in total. The summed E-state index contributed by atoms with van der Waals surface area (Å²) in [7, 11) is 0. The van der Waals surface area contributed by atoms with E-state index in [1.165, 1.54) is 0 Å². The van der Waals surface area contributed by atoms with E-state index < -0.39 is 0 Å². The first-order valence-electron chi connectivity index (χ1n) is 5.27. The molecule has 0 saturated carbocycles. The van der Waals surface area contributed by atoms with Gasteiger partial charge in [-0.1, -0.05) is 16.8 Å². The number of halogens is 1. The smallest absolute Gasteiger partial charge is 0.277 e. The van der Waals surface area contributed by atoms with Gasteiger partial charge in [0.2, 0.25) is 0 Å². The zero-order valence-electron chi connectivity index (χ0n) is 9.95. The molecule has 1 heterocycles. The standard InChI is InChI=1S/C12H12ClN3O2/c1-6-3-9(14)8(13)5-10(6)15-12(17)11-4-7(2)18-16-11/h3-5H,14H2,1-2H3,(H,15,17). The Morgan fingerprint density at radius 1 is 1.39 bits per heavy atom. The van der Waals surface area contributed by atoms with Crippen molar-refractivity contribution in [2.24, 2.45) is 0 Å². The Kier molecular flexibility index (Phi) is 3.25. The number of hydrogen-bond acceptors (Lipinski definition) is 4. The quantitative estimate of drug-likeness (QED) is 0.818. The summed E-state index contributed by atoms with van der Waals surface area (Å²) in [5.74, 6) is 0.225. The summed E-state index contributed by atoms with van der Waals surface area (Å²) in [5, 5.41) is 6.74. The Bertz CT molecular complexity index is 607. The molecule has 0 bridgehead atoms. The molecule has 0 spiro atoms. The second-order valence-electron chi connectivity index (χ2n) is 3.97. The molecule has 0 aliphatic carbocycles. The number of nitrogen functional groups attached to an aromatic ring is 1. The van der Waals surface area contributed by atoms with Gasteiger partial charge in [-0.15, -0.1) is 0 Å². The summed E-state index contributed by atoms with van der Waals surface area (Å²) in [6.07, 6.45) is 0. The number of carbonyl (C=O) groups excluding carboxylic acids is 1. The number of nitrogens with two attached hydrogens (primary N) is 1. The van der Waals surface area contributed by atoms with Crippen LogP contribution in [0, 0.1) is 13.8 Å². The van der Waals surface area contributed by atoms with Crippen molar-refractivity contribution in [3.05, 3.63) is 40.2 Å². The summed E-state index contributed by atoms with van der Waals surface area (Å²) in [6, 6.07) is 4.87. The lowest BCUT2D eigenvalue weighted by molar-refractivity contribution is 0.101. The van der Waals surface area contributed by atoms with Crippen LogP contribution in [0.5, 0.6) is 0 Å². The third kappa shape index (κ3) is 2.46. The summed E-state index contributed by atoms with van der Waals surface area (Å²) >= 11 is 5.91. The molecule has 0 aliphatic heterocycles. The van der Waals surface area contributed by atoms with Crippen molar-refractivity contribution in [3.63, 3.8) is 0 Å². The third-order valence-electron chi connectivity index (χ3n) is 2.45. The highest BCUT2D eigenvalue weighted by Gasteiger charge is 2.13. The summed E-state index contributed by atoms with van der Waals surface area (Å²) in [4.78, 5) is 11.9. The van der Waals surface area contributed by atoms with Crippen LogP contribution in [0.1, 0.15) is 21.8 Å². The van der Waals surface area contributed by atoms with E-state index in [0.717, 1.165) is 5.56 Å². The van der Waals surface area contributed by atoms with Crippen LogP contribution in [0.3, 0.4) is 0 Å². The average Bonchev–Trinajstić information content (AvgIpc) is 2.73. The van der Waals surface area contributed by atoms with Gasteiger partial charge in [0.1, 0.15) is 5.76 Å². The number of nitrogens with one attached hydrogen (secondary N) is 1. The molecule has 0 atom stereocenters. The van der Waals surface area contributed by atoms with Gasteiger partial charge >= 0.3 is 0 Å². The van der Waals surface area contributed by atoms with Crippen LogP contribution in [0.15, 0.2) is 22.7 Å². The highest BCUT2D eigenvalue weighted by atomic mass is 35.5. The Labute approximate surface area is 109 Å². The lowest BCUT2D eigenvalue weighted by Gasteiger charge is -2.09. The van der Waals surface area contributed by atoms with Crippen molar-refractivity contribution in [3.8, 4) is 0 Å². The van der Waals surface area contributed by atoms with Crippen LogP contribution in [-0.2, 0) is 0 Å². The Morgan fingerprint density at radius 2 is 2.11 bits per heavy atom. The summed E-state index contributed by atoms with van der Waals surface area (Å²) < 4.78 is 4.84. The van der Waals surface area contributed by atoms with Gasteiger partial charge in [0.25, 0.3) is 5.91 Å². The van der Waals surface area contributed by atoms with Crippen molar-refractivity contribution in [2.75, 3.05) is 11.1 Å². The van der Waals surface area contributed by atoms with E-state index in [1.807, 2.05) is 6.92 Å². The topological polar surface area (TPSA) is 81.2 Å². The van der Waals surface area contributed by atoms with Crippen LogP contribution in [-0.4, -0.2) is 11.1 Å². The van der Waals surface area contributed by atoms with Crippen LogP contribution in [0.25, 0.3) is 0 Å². The van der Waals surface area contributed by atoms with Crippen molar-refractivity contribution >= 4 is 28.9 Å². The maximum absolute atomic E-state index is 11.9. The number of aromatic nitrogens is 1. The SMILES string of the molecule is Cc1cc(C(=O)Nc2cc(Cl)c(N)cc2C)no1. The second kappa shape index (κ2) is 4.70. The van der Waals surface area contributed by atoms with E-state index in [-0.39, 0.29) is 11.6 Å². The summed E-state index contributed by atoms with van der Waals surface area (Å²) in [6.45, 7) is 3.55. The number of benzene rings is 1. The predicted molar refractivity (Wildman–Crippen MR) is 69.8 cm³/mol. The van der Waals surface area contributed by atoms with E-state index >= 15 is 0 Å². The maximum Gasteiger partial charge on any atom is 0.277 e. The molecule has 0 aliphatic rings. The normalized spacial score (nSPS) is 10.4. The maximum atomic E-state index is 11.9. The Balaban J connectivity index is 2.24. The predicted octanol–water partition coefficient (Wildman–Crippen LogP) is 2.78. The van der Waals surface area contributed by atoms with Crippen molar-refractivity contribution in [2.45, 2.75) is 13.8 Å². The van der Waals surface area contributed by atoms with Gasteiger partial charge in [-0.3, -0.25) is 4.79 Å². The highest BCUT2D eigenvalue weighted by molar-refractivity contribution is 6.33. The minimum atomic E-state index is -0.351. The first kappa shape index (κ1) is 12.4. The fourth-order valence-electron chi connectivity index (χ4n) is 1.50.